The number of benzene rings is 1. The number of rotatable bonds is 9. The Hall–Kier alpha value is -2.01. The van der Waals surface area contributed by atoms with E-state index in [0.717, 1.165) is 38.8 Å². The van der Waals surface area contributed by atoms with Crippen molar-refractivity contribution in [2.24, 2.45) is 0 Å². The van der Waals surface area contributed by atoms with E-state index in [9.17, 15) is 18.0 Å². The van der Waals surface area contributed by atoms with Crippen LogP contribution < -0.4 is 10.0 Å². The third-order valence-electron chi connectivity index (χ3n) is 6.15. The Labute approximate surface area is 189 Å². The summed E-state index contributed by atoms with van der Waals surface area (Å²) in [4.78, 5) is 27.1. The number of morpholine rings is 1. The molecule has 9 nitrogen and oxygen atoms in total. The molecule has 0 atom stereocenters. The van der Waals surface area contributed by atoms with E-state index in [1.165, 1.54) is 30.7 Å². The summed E-state index contributed by atoms with van der Waals surface area (Å²) in [6.07, 6.45) is 5.57. The molecule has 2 aliphatic rings. The highest BCUT2D eigenvalue weighted by atomic mass is 32.2. The van der Waals surface area contributed by atoms with Gasteiger partial charge in [0.05, 0.1) is 23.7 Å². The topological polar surface area (TPSA) is 114 Å². The average molecular weight is 468 g/mol. The smallest absolute Gasteiger partial charge is 0.338 e. The highest BCUT2D eigenvalue weighted by Gasteiger charge is 2.38. The van der Waals surface area contributed by atoms with Gasteiger partial charge in [0.1, 0.15) is 0 Å². The van der Waals surface area contributed by atoms with E-state index in [-0.39, 0.29) is 35.1 Å². The van der Waals surface area contributed by atoms with Crippen molar-refractivity contribution in [3.8, 4) is 0 Å². The van der Waals surface area contributed by atoms with Gasteiger partial charge < -0.3 is 14.8 Å². The maximum Gasteiger partial charge on any atom is 0.338 e. The van der Waals surface area contributed by atoms with Crippen LogP contribution >= 0.6 is 0 Å². The van der Waals surface area contributed by atoms with Gasteiger partial charge in [-0.3, -0.25) is 9.69 Å². The fraction of sp³-hybridized carbons (Fsp3) is 0.636. The Kier molecular flexibility index (Phi) is 8.64. The molecule has 0 radical (unpaired) electrons. The van der Waals surface area contributed by atoms with Crippen molar-refractivity contribution in [3.05, 3.63) is 29.8 Å². The number of carbonyl (C=O) groups excluding carboxylic acids is 2. The molecule has 1 saturated carbocycles. The van der Waals surface area contributed by atoms with Gasteiger partial charge in [-0.2, -0.15) is 0 Å². The molecule has 10 heteroatoms. The van der Waals surface area contributed by atoms with Gasteiger partial charge in [0.15, 0.2) is 6.61 Å². The lowest BCUT2D eigenvalue weighted by molar-refractivity contribution is -0.125. The normalized spacial score (nSPS) is 19.3. The minimum atomic E-state index is -3.59. The van der Waals surface area contributed by atoms with E-state index in [1.807, 2.05) is 0 Å². The highest BCUT2D eigenvalue weighted by Crippen LogP contribution is 2.33. The summed E-state index contributed by atoms with van der Waals surface area (Å²) in [6, 6.07) is 5.42. The number of nitrogens with one attached hydrogen (secondary N) is 2. The lowest BCUT2D eigenvalue weighted by atomic mass is 9.79. The van der Waals surface area contributed by atoms with Gasteiger partial charge in [0.25, 0.3) is 5.91 Å². The van der Waals surface area contributed by atoms with Crippen LogP contribution in [-0.4, -0.2) is 76.7 Å². The Morgan fingerprint density at radius 1 is 1.09 bits per heavy atom. The summed E-state index contributed by atoms with van der Waals surface area (Å²) in [5.41, 5.74) is 0.126. The zero-order valence-corrected chi connectivity index (χ0v) is 19.4. The van der Waals surface area contributed by atoms with Crippen molar-refractivity contribution < 1.29 is 27.5 Å². The molecule has 0 bridgehead atoms. The predicted octanol–water partition coefficient (Wildman–Crippen LogP) is 1.29. The maximum atomic E-state index is 12.4. The molecule has 3 rings (SSSR count). The summed E-state index contributed by atoms with van der Waals surface area (Å²) >= 11 is 0. The second kappa shape index (κ2) is 11.2. The summed E-state index contributed by atoms with van der Waals surface area (Å²) in [5, 5.41) is 2.95. The first-order chi connectivity index (χ1) is 15.4. The van der Waals surface area contributed by atoms with Crippen LogP contribution in [0.2, 0.25) is 0 Å². The highest BCUT2D eigenvalue weighted by molar-refractivity contribution is 7.89. The number of sulfonamides is 1. The van der Waals surface area contributed by atoms with E-state index >= 15 is 0 Å². The van der Waals surface area contributed by atoms with Crippen molar-refractivity contribution in [1.82, 2.24) is 14.9 Å². The number of nitrogens with zero attached hydrogens (tertiary/aromatic N) is 1. The van der Waals surface area contributed by atoms with E-state index in [4.69, 9.17) is 9.47 Å². The van der Waals surface area contributed by atoms with Gasteiger partial charge in [-0.1, -0.05) is 26.2 Å². The Morgan fingerprint density at radius 3 is 2.38 bits per heavy atom. The Bertz CT molecular complexity index is 875. The third kappa shape index (κ3) is 6.28. The second-order valence-corrected chi connectivity index (χ2v) is 10.0. The van der Waals surface area contributed by atoms with Crippen LogP contribution in [0, 0.1) is 0 Å². The lowest BCUT2D eigenvalue weighted by Crippen LogP contribution is -2.59. The van der Waals surface area contributed by atoms with Crippen molar-refractivity contribution in [2.75, 3.05) is 46.0 Å². The van der Waals surface area contributed by atoms with Crippen LogP contribution in [-0.2, 0) is 24.3 Å². The maximum absolute atomic E-state index is 12.4. The van der Waals surface area contributed by atoms with Gasteiger partial charge >= 0.3 is 5.97 Å². The van der Waals surface area contributed by atoms with Crippen LogP contribution in [0.15, 0.2) is 29.2 Å². The van der Waals surface area contributed by atoms with Gasteiger partial charge in [-0.15, -0.1) is 0 Å². The molecule has 0 spiro atoms. The van der Waals surface area contributed by atoms with Crippen LogP contribution in [0.1, 0.15) is 49.4 Å². The molecule has 1 aliphatic carbocycles. The van der Waals surface area contributed by atoms with Crippen molar-refractivity contribution in [2.45, 2.75) is 49.5 Å². The number of carbonyl (C=O) groups is 2. The minimum absolute atomic E-state index is 0.0600. The van der Waals surface area contributed by atoms with Gasteiger partial charge in [0.2, 0.25) is 10.0 Å². The molecule has 1 saturated heterocycles. The van der Waals surface area contributed by atoms with E-state index in [1.54, 1.807) is 6.92 Å². The standard InChI is InChI=1S/C22H33N3O6S/c1-2-24-32(28,29)19-8-6-18(7-9-19)21(27)31-16-20(26)23-17-22(10-4-3-5-11-22)25-12-14-30-15-13-25/h6-9,24H,2-5,10-17H2,1H3,(H,23,26). The van der Waals surface area contributed by atoms with E-state index in [0.29, 0.717) is 19.8 Å². The number of hydrogen-bond donors (Lipinski definition) is 2. The van der Waals surface area contributed by atoms with Crippen LogP contribution in [0.25, 0.3) is 0 Å². The fourth-order valence-electron chi connectivity index (χ4n) is 4.42. The number of hydrogen-bond acceptors (Lipinski definition) is 7. The molecule has 1 heterocycles. The van der Waals surface area contributed by atoms with Crippen molar-refractivity contribution >= 4 is 21.9 Å². The molecule has 32 heavy (non-hydrogen) atoms. The minimum Gasteiger partial charge on any atom is -0.452 e. The summed E-state index contributed by atoms with van der Waals surface area (Å²) < 4.78 is 37.0. The van der Waals surface area contributed by atoms with E-state index in [2.05, 4.69) is 14.9 Å². The van der Waals surface area contributed by atoms with Gasteiger partial charge in [0, 0.05) is 31.7 Å². The Balaban J connectivity index is 1.51. The first kappa shape index (κ1) is 24.6. The zero-order valence-electron chi connectivity index (χ0n) is 18.6. The number of ether oxygens (including phenoxy) is 2. The third-order valence-corrected chi connectivity index (χ3v) is 7.71. The molecular formula is C22H33N3O6S. The van der Waals surface area contributed by atoms with Crippen LogP contribution in [0.4, 0.5) is 0 Å². The first-order valence-electron chi connectivity index (χ1n) is 11.2. The molecular weight excluding hydrogens is 434 g/mol. The average Bonchev–Trinajstić information content (AvgIpc) is 2.82. The van der Waals surface area contributed by atoms with E-state index < -0.39 is 16.0 Å². The predicted molar refractivity (Wildman–Crippen MR) is 119 cm³/mol. The fourth-order valence-corrected chi connectivity index (χ4v) is 5.47. The lowest BCUT2D eigenvalue weighted by Gasteiger charge is -2.48. The molecule has 1 amide bonds. The largest absolute Gasteiger partial charge is 0.452 e. The van der Waals surface area contributed by atoms with Gasteiger partial charge in [-0.25, -0.2) is 17.9 Å². The Morgan fingerprint density at radius 2 is 1.75 bits per heavy atom. The monoisotopic (exact) mass is 467 g/mol. The number of esters is 1. The second-order valence-electron chi connectivity index (χ2n) is 8.26. The molecule has 0 aromatic heterocycles. The molecule has 2 N–H and O–H groups in total. The quantitative estimate of drug-likeness (QED) is 0.526. The van der Waals surface area contributed by atoms with Gasteiger partial charge in [-0.05, 0) is 37.1 Å². The summed E-state index contributed by atoms with van der Waals surface area (Å²) in [7, 11) is -3.59. The van der Waals surface area contributed by atoms with Crippen molar-refractivity contribution in [3.63, 3.8) is 0 Å². The summed E-state index contributed by atoms with van der Waals surface area (Å²) in [6.45, 7) is 5.26. The molecule has 1 aromatic rings. The first-order valence-corrected chi connectivity index (χ1v) is 12.7. The van der Waals surface area contributed by atoms with Crippen molar-refractivity contribution in [1.29, 1.82) is 0 Å². The molecule has 178 valence electrons. The molecule has 1 aliphatic heterocycles. The van der Waals surface area contributed by atoms with Crippen LogP contribution in [0.5, 0.6) is 0 Å². The summed E-state index contributed by atoms with van der Waals surface area (Å²) in [5.74, 6) is -1.02. The molecule has 0 unspecified atom stereocenters. The molecule has 2 fully saturated rings. The van der Waals surface area contributed by atoms with Crippen LogP contribution in [0.3, 0.4) is 0 Å². The molecule has 1 aromatic carbocycles. The number of amides is 1. The SMILES string of the molecule is CCNS(=O)(=O)c1ccc(C(=O)OCC(=O)NCC2(N3CCOCC3)CCCCC2)cc1. The zero-order chi connectivity index (χ0) is 23.0.